The van der Waals surface area contributed by atoms with E-state index < -0.39 is 0 Å². The van der Waals surface area contributed by atoms with Crippen molar-refractivity contribution in [2.24, 2.45) is 10.7 Å². The molecule has 5 nitrogen and oxygen atoms in total. The average molecular weight is 439 g/mol. The third kappa shape index (κ3) is 6.57. The lowest BCUT2D eigenvalue weighted by atomic mass is 10.1. The van der Waals surface area contributed by atoms with Crippen molar-refractivity contribution in [2.45, 2.75) is 13.0 Å². The zero-order valence-corrected chi connectivity index (χ0v) is 15.9. The lowest BCUT2D eigenvalue weighted by Gasteiger charge is -2.06. The number of nitrogens with zero attached hydrogens (tertiary/aromatic N) is 1. The van der Waals surface area contributed by atoms with Crippen molar-refractivity contribution < 1.29 is 9.53 Å². The number of nitrogens with two attached hydrogens (primary N) is 1. The van der Waals surface area contributed by atoms with Gasteiger partial charge in [0.05, 0.1) is 19.2 Å². The third-order valence-corrected chi connectivity index (χ3v) is 3.34. The molecule has 0 saturated carbocycles. The maximum absolute atomic E-state index is 11.5. The Hall–Kier alpha value is -2.09. The Balaban J connectivity index is 0.00000288. The number of methoxy groups -OCH3 is 1. The first-order valence-electron chi connectivity index (χ1n) is 7.44. The molecule has 3 N–H and O–H groups in total. The highest BCUT2D eigenvalue weighted by atomic mass is 127. The summed E-state index contributed by atoms with van der Waals surface area (Å²) in [6, 6.07) is 17.3. The smallest absolute Gasteiger partial charge is 0.337 e. The predicted molar refractivity (Wildman–Crippen MR) is 107 cm³/mol. The van der Waals surface area contributed by atoms with E-state index in [2.05, 4.69) is 22.4 Å². The minimum absolute atomic E-state index is 0. The first kappa shape index (κ1) is 20.0. The topological polar surface area (TPSA) is 76.7 Å². The van der Waals surface area contributed by atoms with Crippen LogP contribution >= 0.6 is 24.0 Å². The van der Waals surface area contributed by atoms with E-state index in [-0.39, 0.29) is 29.9 Å². The van der Waals surface area contributed by atoms with E-state index in [0.717, 1.165) is 18.5 Å². The standard InChI is InChI=1S/C18H21N3O2.HI/c1-23-17(22)16-9-5-8-15(12-16)13-21-18(19)20-11-10-14-6-3-2-4-7-14;/h2-9,12H,10-11,13H2,1H3,(H3,19,20,21);1H. The Morgan fingerprint density at radius 3 is 2.54 bits per heavy atom. The maximum atomic E-state index is 11.5. The number of benzene rings is 2. The summed E-state index contributed by atoms with van der Waals surface area (Å²) in [6.45, 7) is 1.14. The Labute approximate surface area is 159 Å². The molecule has 2 aromatic carbocycles. The largest absolute Gasteiger partial charge is 0.465 e. The molecular weight excluding hydrogens is 417 g/mol. The fourth-order valence-electron chi connectivity index (χ4n) is 2.13. The molecule has 0 amide bonds. The zero-order valence-electron chi connectivity index (χ0n) is 13.6. The molecule has 24 heavy (non-hydrogen) atoms. The van der Waals surface area contributed by atoms with Gasteiger partial charge in [0, 0.05) is 6.54 Å². The van der Waals surface area contributed by atoms with E-state index in [9.17, 15) is 4.79 Å². The molecule has 0 aliphatic rings. The molecule has 0 atom stereocenters. The summed E-state index contributed by atoms with van der Waals surface area (Å²) in [5, 5.41) is 3.09. The lowest BCUT2D eigenvalue weighted by molar-refractivity contribution is 0.0600. The van der Waals surface area contributed by atoms with Crippen LogP contribution in [0, 0.1) is 0 Å². The quantitative estimate of drug-likeness (QED) is 0.314. The van der Waals surface area contributed by atoms with E-state index in [1.807, 2.05) is 24.3 Å². The minimum atomic E-state index is -0.357. The van der Waals surface area contributed by atoms with Crippen LogP contribution in [0.1, 0.15) is 21.5 Å². The van der Waals surface area contributed by atoms with E-state index in [1.165, 1.54) is 12.7 Å². The van der Waals surface area contributed by atoms with Gasteiger partial charge in [-0.15, -0.1) is 24.0 Å². The predicted octanol–water partition coefficient (Wildman–Crippen LogP) is 2.74. The highest BCUT2D eigenvalue weighted by Gasteiger charge is 2.05. The molecule has 0 saturated heterocycles. The molecule has 0 radical (unpaired) electrons. The van der Waals surface area contributed by atoms with Crippen LogP contribution in [0.3, 0.4) is 0 Å². The summed E-state index contributed by atoms with van der Waals surface area (Å²) in [5.41, 5.74) is 8.52. The summed E-state index contributed by atoms with van der Waals surface area (Å²) in [6.07, 6.45) is 0.884. The van der Waals surface area contributed by atoms with E-state index in [1.54, 1.807) is 18.2 Å². The molecule has 0 aliphatic heterocycles. The summed E-state index contributed by atoms with van der Waals surface area (Å²) < 4.78 is 4.70. The molecule has 128 valence electrons. The van der Waals surface area contributed by atoms with Crippen LogP contribution in [0.15, 0.2) is 59.6 Å². The van der Waals surface area contributed by atoms with Crippen LogP contribution in [-0.2, 0) is 17.7 Å². The molecule has 6 heteroatoms. The van der Waals surface area contributed by atoms with Crippen LogP contribution in [0.25, 0.3) is 0 Å². The second-order valence-corrected chi connectivity index (χ2v) is 5.06. The fourth-order valence-corrected chi connectivity index (χ4v) is 2.13. The molecule has 2 aromatic rings. The summed E-state index contributed by atoms with van der Waals surface area (Å²) in [4.78, 5) is 15.8. The van der Waals surface area contributed by atoms with Gasteiger partial charge in [0.25, 0.3) is 0 Å². The lowest BCUT2D eigenvalue weighted by Crippen LogP contribution is -2.33. The molecule has 0 heterocycles. The van der Waals surface area contributed by atoms with Gasteiger partial charge in [-0.1, -0.05) is 42.5 Å². The van der Waals surface area contributed by atoms with E-state index >= 15 is 0 Å². The van der Waals surface area contributed by atoms with Gasteiger partial charge in [0.2, 0.25) is 0 Å². The number of rotatable bonds is 6. The fraction of sp³-hybridized carbons (Fsp3) is 0.222. The normalized spacial score (nSPS) is 10.6. The number of hydrogen-bond acceptors (Lipinski definition) is 3. The van der Waals surface area contributed by atoms with E-state index in [0.29, 0.717) is 18.1 Å². The molecule has 0 bridgehead atoms. The summed E-state index contributed by atoms with van der Waals surface area (Å²) in [5.74, 6) is 0.0363. The highest BCUT2D eigenvalue weighted by molar-refractivity contribution is 14.0. The Bertz CT molecular complexity index is 675. The molecule has 0 fully saturated rings. The number of halogens is 1. The molecular formula is C18H22IN3O2. The molecule has 0 spiro atoms. The van der Waals surface area contributed by atoms with E-state index in [4.69, 9.17) is 10.5 Å². The van der Waals surface area contributed by atoms with Gasteiger partial charge >= 0.3 is 5.97 Å². The number of carbonyl (C=O) groups is 1. The summed E-state index contributed by atoms with van der Waals surface area (Å²) in [7, 11) is 1.36. The average Bonchev–Trinajstić information content (AvgIpc) is 2.60. The second kappa shape index (κ2) is 10.6. The number of aliphatic imine (C=N–C) groups is 1. The third-order valence-electron chi connectivity index (χ3n) is 3.34. The molecule has 2 rings (SSSR count). The minimum Gasteiger partial charge on any atom is -0.465 e. The van der Waals surface area contributed by atoms with Crippen LogP contribution in [0.5, 0.6) is 0 Å². The Morgan fingerprint density at radius 2 is 1.83 bits per heavy atom. The number of guanidine groups is 1. The van der Waals surface area contributed by atoms with Gasteiger partial charge in [-0.25, -0.2) is 9.79 Å². The van der Waals surface area contributed by atoms with Gasteiger partial charge in [0.1, 0.15) is 0 Å². The highest BCUT2D eigenvalue weighted by Crippen LogP contribution is 2.07. The van der Waals surface area contributed by atoms with Gasteiger partial charge < -0.3 is 15.8 Å². The van der Waals surface area contributed by atoms with Crippen molar-refractivity contribution in [2.75, 3.05) is 13.7 Å². The SMILES string of the molecule is COC(=O)c1cccc(CN=C(N)NCCc2ccccc2)c1.I. The van der Waals surface area contributed by atoms with Crippen LogP contribution in [0.4, 0.5) is 0 Å². The number of esters is 1. The molecule has 0 aliphatic carbocycles. The molecule has 0 aromatic heterocycles. The Kier molecular flexibility index (Phi) is 8.85. The number of hydrogen-bond donors (Lipinski definition) is 2. The van der Waals surface area contributed by atoms with Crippen LogP contribution in [0.2, 0.25) is 0 Å². The monoisotopic (exact) mass is 439 g/mol. The van der Waals surface area contributed by atoms with Gasteiger partial charge in [-0.05, 0) is 29.7 Å². The van der Waals surface area contributed by atoms with Crippen molar-refractivity contribution in [1.29, 1.82) is 0 Å². The van der Waals surface area contributed by atoms with Crippen molar-refractivity contribution >= 4 is 35.9 Å². The Morgan fingerprint density at radius 1 is 1.12 bits per heavy atom. The first-order valence-corrected chi connectivity index (χ1v) is 7.44. The van der Waals surface area contributed by atoms with Crippen molar-refractivity contribution in [3.05, 3.63) is 71.3 Å². The van der Waals surface area contributed by atoms with Crippen molar-refractivity contribution in [1.82, 2.24) is 5.32 Å². The number of carbonyl (C=O) groups excluding carboxylic acids is 1. The molecule has 0 unspecified atom stereocenters. The van der Waals surface area contributed by atoms with Crippen molar-refractivity contribution in [3.8, 4) is 0 Å². The van der Waals surface area contributed by atoms with Gasteiger partial charge in [0.15, 0.2) is 5.96 Å². The number of nitrogens with one attached hydrogen (secondary N) is 1. The van der Waals surface area contributed by atoms with Gasteiger partial charge in [-0.3, -0.25) is 0 Å². The van der Waals surface area contributed by atoms with Crippen molar-refractivity contribution in [3.63, 3.8) is 0 Å². The first-order chi connectivity index (χ1) is 11.2. The van der Waals surface area contributed by atoms with Gasteiger partial charge in [-0.2, -0.15) is 0 Å². The number of ether oxygens (including phenoxy) is 1. The van der Waals surface area contributed by atoms with Crippen LogP contribution in [-0.4, -0.2) is 25.6 Å². The second-order valence-electron chi connectivity index (χ2n) is 5.06. The van der Waals surface area contributed by atoms with Crippen LogP contribution < -0.4 is 11.1 Å². The zero-order chi connectivity index (χ0) is 16.5. The summed E-state index contributed by atoms with van der Waals surface area (Å²) >= 11 is 0. The maximum Gasteiger partial charge on any atom is 0.337 e.